The van der Waals surface area contributed by atoms with E-state index in [1.54, 1.807) is 6.92 Å². The molecule has 0 heterocycles. The standard InChI is InChI=1S/C36H45NO3/c1-7-37(25(3)38)34-22-21-31(24-33(34)36(4,5)6)32-23-30(20-17-28(32)12-10-9-11-26-13-14-26)27-15-18-29(19-16-27)35(39)40-8-2/h15-24,26H,7-14H2,1-6H3. The normalized spacial score (nSPS) is 13.2. The van der Waals surface area contributed by atoms with E-state index in [2.05, 4.69) is 57.2 Å². The fourth-order valence-electron chi connectivity index (χ4n) is 5.51. The van der Waals surface area contributed by atoms with Crippen LogP contribution < -0.4 is 4.90 Å². The van der Waals surface area contributed by atoms with Crippen molar-refractivity contribution in [1.82, 2.24) is 0 Å². The van der Waals surface area contributed by atoms with Crippen LogP contribution in [0.1, 0.15) is 95.1 Å². The number of aryl methyl sites for hydroxylation is 1. The van der Waals surface area contributed by atoms with E-state index in [0.29, 0.717) is 18.7 Å². The van der Waals surface area contributed by atoms with E-state index in [1.807, 2.05) is 43.0 Å². The van der Waals surface area contributed by atoms with Gasteiger partial charge in [-0.05, 0) is 102 Å². The molecule has 1 aliphatic rings. The molecular weight excluding hydrogens is 494 g/mol. The topological polar surface area (TPSA) is 46.6 Å². The first kappa shape index (κ1) is 29.6. The molecule has 0 bridgehead atoms. The summed E-state index contributed by atoms with van der Waals surface area (Å²) in [6.07, 6.45) is 7.68. The average molecular weight is 540 g/mol. The van der Waals surface area contributed by atoms with Gasteiger partial charge in [-0.25, -0.2) is 4.79 Å². The summed E-state index contributed by atoms with van der Waals surface area (Å²) in [5.41, 5.74) is 8.55. The number of carbonyl (C=O) groups excluding carboxylic acids is 2. The Bertz CT molecular complexity index is 1330. The minimum absolute atomic E-state index is 0.0605. The quantitative estimate of drug-likeness (QED) is 0.180. The Morgan fingerprint density at radius 3 is 2.15 bits per heavy atom. The Morgan fingerprint density at radius 1 is 0.875 bits per heavy atom. The van der Waals surface area contributed by atoms with Crippen LogP contribution in [0, 0.1) is 5.92 Å². The first-order valence-electron chi connectivity index (χ1n) is 15.0. The molecule has 0 saturated heterocycles. The van der Waals surface area contributed by atoms with Crippen molar-refractivity contribution in [3.63, 3.8) is 0 Å². The highest BCUT2D eigenvalue weighted by Gasteiger charge is 2.24. The molecule has 3 aromatic rings. The largest absolute Gasteiger partial charge is 0.462 e. The number of ether oxygens (including phenoxy) is 1. The molecule has 0 aromatic heterocycles. The molecule has 1 aliphatic carbocycles. The van der Waals surface area contributed by atoms with Gasteiger partial charge in [-0.15, -0.1) is 0 Å². The molecule has 3 aromatic carbocycles. The molecule has 40 heavy (non-hydrogen) atoms. The lowest BCUT2D eigenvalue weighted by atomic mass is 9.82. The third-order valence-electron chi connectivity index (χ3n) is 7.95. The molecular formula is C36H45NO3. The van der Waals surface area contributed by atoms with E-state index >= 15 is 0 Å². The number of rotatable bonds is 11. The zero-order valence-corrected chi connectivity index (χ0v) is 25.2. The molecule has 4 nitrogen and oxygen atoms in total. The SMILES string of the molecule is CCOC(=O)c1ccc(-c2ccc(CCCCC3CC3)c(-c3ccc(N(CC)C(C)=O)c(C(C)(C)C)c3)c2)cc1. The molecule has 0 unspecified atom stereocenters. The summed E-state index contributed by atoms with van der Waals surface area (Å²) in [4.78, 5) is 26.5. The fraction of sp³-hybridized carbons (Fsp3) is 0.444. The minimum Gasteiger partial charge on any atom is -0.462 e. The summed E-state index contributed by atoms with van der Waals surface area (Å²) in [6.45, 7) is 13.1. The highest BCUT2D eigenvalue weighted by Crippen LogP contribution is 2.39. The number of amides is 1. The van der Waals surface area contributed by atoms with E-state index in [0.717, 1.165) is 29.2 Å². The lowest BCUT2D eigenvalue weighted by Crippen LogP contribution is -2.30. The molecule has 1 amide bonds. The number of esters is 1. The summed E-state index contributed by atoms with van der Waals surface area (Å²) in [7, 11) is 0. The van der Waals surface area contributed by atoms with E-state index < -0.39 is 0 Å². The van der Waals surface area contributed by atoms with Crippen molar-refractivity contribution in [1.29, 1.82) is 0 Å². The van der Waals surface area contributed by atoms with E-state index in [9.17, 15) is 9.59 Å². The number of anilines is 1. The van der Waals surface area contributed by atoms with Crippen molar-refractivity contribution in [3.05, 3.63) is 77.4 Å². The summed E-state index contributed by atoms with van der Waals surface area (Å²) < 4.78 is 5.16. The maximum absolute atomic E-state index is 12.5. The zero-order valence-electron chi connectivity index (χ0n) is 25.2. The second-order valence-corrected chi connectivity index (χ2v) is 12.1. The first-order valence-corrected chi connectivity index (χ1v) is 15.0. The van der Waals surface area contributed by atoms with Crippen molar-refractivity contribution < 1.29 is 14.3 Å². The van der Waals surface area contributed by atoms with Crippen molar-refractivity contribution in [2.75, 3.05) is 18.1 Å². The third kappa shape index (κ3) is 7.21. The predicted octanol–water partition coefficient (Wildman–Crippen LogP) is 8.99. The van der Waals surface area contributed by atoms with Crippen molar-refractivity contribution in [2.45, 2.75) is 85.5 Å². The van der Waals surface area contributed by atoms with Gasteiger partial charge in [0, 0.05) is 19.2 Å². The maximum Gasteiger partial charge on any atom is 0.338 e. The van der Waals surface area contributed by atoms with Crippen LogP contribution in [0.2, 0.25) is 0 Å². The highest BCUT2D eigenvalue weighted by atomic mass is 16.5. The number of carbonyl (C=O) groups is 2. The van der Waals surface area contributed by atoms with E-state index in [-0.39, 0.29) is 17.3 Å². The third-order valence-corrected chi connectivity index (χ3v) is 7.95. The maximum atomic E-state index is 12.5. The number of hydrogen-bond donors (Lipinski definition) is 0. The Balaban J connectivity index is 1.74. The summed E-state index contributed by atoms with van der Waals surface area (Å²) >= 11 is 0. The Labute approximate surface area is 240 Å². The van der Waals surface area contributed by atoms with Gasteiger partial charge in [0.25, 0.3) is 0 Å². The summed E-state index contributed by atoms with van der Waals surface area (Å²) in [6, 6.07) is 21.0. The smallest absolute Gasteiger partial charge is 0.338 e. The van der Waals surface area contributed by atoms with Crippen LogP contribution in [0.5, 0.6) is 0 Å². The van der Waals surface area contributed by atoms with Gasteiger partial charge in [0.1, 0.15) is 0 Å². The number of hydrogen-bond acceptors (Lipinski definition) is 3. The average Bonchev–Trinajstić information content (AvgIpc) is 3.76. The summed E-state index contributed by atoms with van der Waals surface area (Å²) in [5.74, 6) is 0.729. The Kier molecular flexibility index (Phi) is 9.50. The summed E-state index contributed by atoms with van der Waals surface area (Å²) in [5, 5.41) is 0. The first-order chi connectivity index (χ1) is 19.1. The fourth-order valence-corrected chi connectivity index (χ4v) is 5.51. The molecule has 4 rings (SSSR count). The second-order valence-electron chi connectivity index (χ2n) is 12.1. The van der Waals surface area contributed by atoms with Crippen LogP contribution >= 0.6 is 0 Å². The molecule has 0 aliphatic heterocycles. The van der Waals surface area contributed by atoms with E-state index in [1.165, 1.54) is 54.4 Å². The molecule has 212 valence electrons. The van der Waals surface area contributed by atoms with Gasteiger partial charge in [0.05, 0.1) is 12.2 Å². The number of benzene rings is 3. The van der Waals surface area contributed by atoms with Gasteiger partial charge in [-0.2, -0.15) is 0 Å². The molecule has 0 spiro atoms. The van der Waals surface area contributed by atoms with Gasteiger partial charge in [-0.3, -0.25) is 4.79 Å². The molecule has 0 atom stereocenters. The lowest BCUT2D eigenvalue weighted by Gasteiger charge is -2.30. The number of unbranched alkanes of at least 4 members (excludes halogenated alkanes) is 1. The van der Waals surface area contributed by atoms with Gasteiger partial charge >= 0.3 is 5.97 Å². The lowest BCUT2D eigenvalue weighted by molar-refractivity contribution is -0.116. The van der Waals surface area contributed by atoms with Crippen LogP contribution in [0.15, 0.2) is 60.7 Å². The van der Waals surface area contributed by atoms with E-state index in [4.69, 9.17) is 4.74 Å². The van der Waals surface area contributed by atoms with Crippen molar-refractivity contribution in [3.8, 4) is 22.3 Å². The molecule has 0 radical (unpaired) electrons. The molecule has 4 heteroatoms. The van der Waals surface area contributed by atoms with Gasteiger partial charge < -0.3 is 9.64 Å². The highest BCUT2D eigenvalue weighted by molar-refractivity contribution is 5.93. The van der Waals surface area contributed by atoms with Gasteiger partial charge in [-0.1, -0.05) is 76.8 Å². The molecule has 1 fully saturated rings. The van der Waals surface area contributed by atoms with Crippen LogP contribution in [-0.2, 0) is 21.4 Å². The Hall–Kier alpha value is -3.40. The predicted molar refractivity (Wildman–Crippen MR) is 166 cm³/mol. The minimum atomic E-state index is -0.294. The molecule has 0 N–H and O–H groups in total. The van der Waals surface area contributed by atoms with Crippen LogP contribution in [-0.4, -0.2) is 25.0 Å². The second kappa shape index (κ2) is 12.8. The van der Waals surface area contributed by atoms with Crippen molar-refractivity contribution in [2.24, 2.45) is 5.92 Å². The van der Waals surface area contributed by atoms with Gasteiger partial charge in [0.2, 0.25) is 5.91 Å². The zero-order chi connectivity index (χ0) is 28.9. The van der Waals surface area contributed by atoms with Crippen molar-refractivity contribution >= 4 is 17.6 Å². The number of nitrogens with zero attached hydrogens (tertiary/aromatic N) is 1. The van der Waals surface area contributed by atoms with Crippen LogP contribution in [0.25, 0.3) is 22.3 Å². The monoisotopic (exact) mass is 539 g/mol. The van der Waals surface area contributed by atoms with Gasteiger partial charge in [0.15, 0.2) is 0 Å². The van der Waals surface area contributed by atoms with Crippen LogP contribution in [0.4, 0.5) is 5.69 Å². The Morgan fingerprint density at radius 2 is 1.55 bits per heavy atom. The van der Waals surface area contributed by atoms with Crippen LogP contribution in [0.3, 0.4) is 0 Å². The molecule has 1 saturated carbocycles.